The molecule has 0 saturated carbocycles. The van der Waals surface area contributed by atoms with Gasteiger partial charge in [0.2, 0.25) is 0 Å². The first-order chi connectivity index (χ1) is 17.2. The molecule has 0 bridgehead atoms. The Morgan fingerprint density at radius 2 is 1.37 bits per heavy atom. The third-order valence-corrected chi connectivity index (χ3v) is 6.14. The lowest BCUT2D eigenvalue weighted by Gasteiger charge is -2.23. The Bertz CT molecular complexity index is 1360. The molecule has 0 amide bonds. The van der Waals surface area contributed by atoms with E-state index in [1.807, 2.05) is 30.3 Å². The zero-order valence-electron chi connectivity index (χ0n) is 20.1. The first kappa shape index (κ1) is 22.7. The van der Waals surface area contributed by atoms with E-state index in [0.29, 0.717) is 6.54 Å². The maximum Gasteiger partial charge on any atom is 0.137 e. The van der Waals surface area contributed by atoms with Crippen LogP contribution >= 0.6 is 0 Å². The maximum absolute atomic E-state index is 5.78. The number of ether oxygens (including phenoxy) is 2. The molecular weight excluding hydrogens is 434 g/mol. The monoisotopic (exact) mass is 463 g/mol. The third kappa shape index (κ3) is 5.05. The Hall–Kier alpha value is -4.09. The first-order valence-electron chi connectivity index (χ1n) is 11.7. The van der Waals surface area contributed by atoms with E-state index >= 15 is 0 Å². The van der Waals surface area contributed by atoms with E-state index in [9.17, 15) is 0 Å². The lowest BCUT2D eigenvalue weighted by atomic mass is 10.1. The molecule has 0 saturated heterocycles. The van der Waals surface area contributed by atoms with Crippen molar-refractivity contribution in [1.82, 2.24) is 14.3 Å². The van der Waals surface area contributed by atoms with Crippen molar-refractivity contribution in [1.29, 1.82) is 0 Å². The average molecular weight is 464 g/mol. The summed E-state index contributed by atoms with van der Waals surface area (Å²) in [6, 6.07) is 33.2. The summed E-state index contributed by atoms with van der Waals surface area (Å²) in [6.45, 7) is 2.33. The normalized spacial score (nSPS) is 11.2. The minimum Gasteiger partial charge on any atom is -0.497 e. The summed E-state index contributed by atoms with van der Waals surface area (Å²) in [5, 5.41) is 0. The molecule has 5 rings (SSSR count). The van der Waals surface area contributed by atoms with Crippen LogP contribution in [0.3, 0.4) is 0 Å². The van der Waals surface area contributed by atoms with Crippen molar-refractivity contribution in [3.8, 4) is 22.8 Å². The van der Waals surface area contributed by atoms with Crippen LogP contribution in [0.4, 0.5) is 0 Å². The highest BCUT2D eigenvalue weighted by atomic mass is 16.5. The Labute approximate surface area is 206 Å². The third-order valence-electron chi connectivity index (χ3n) is 6.14. The van der Waals surface area contributed by atoms with Gasteiger partial charge in [0.1, 0.15) is 17.1 Å². The molecule has 0 fully saturated rings. The summed E-state index contributed by atoms with van der Waals surface area (Å²) in [6.07, 6.45) is 2.06. The van der Waals surface area contributed by atoms with Crippen LogP contribution < -0.4 is 9.47 Å². The first-order valence-corrected chi connectivity index (χ1v) is 11.7. The molecule has 0 aliphatic carbocycles. The predicted molar refractivity (Wildman–Crippen MR) is 140 cm³/mol. The molecular formula is C30H29N3O2. The summed E-state index contributed by atoms with van der Waals surface area (Å²) in [5.74, 6) is 1.52. The maximum atomic E-state index is 5.78. The van der Waals surface area contributed by atoms with E-state index in [4.69, 9.17) is 14.5 Å². The van der Waals surface area contributed by atoms with Crippen molar-refractivity contribution in [3.05, 3.63) is 120 Å². The van der Waals surface area contributed by atoms with E-state index in [0.717, 1.165) is 47.2 Å². The van der Waals surface area contributed by atoms with Crippen LogP contribution in [0.5, 0.6) is 11.5 Å². The highest BCUT2D eigenvalue weighted by Crippen LogP contribution is 2.36. The second-order valence-corrected chi connectivity index (χ2v) is 8.52. The predicted octanol–water partition coefficient (Wildman–Crippen LogP) is 6.22. The molecule has 5 heteroatoms. The lowest BCUT2D eigenvalue weighted by Crippen LogP contribution is -2.23. The minimum atomic E-state index is 0.690. The fourth-order valence-electron chi connectivity index (χ4n) is 4.50. The summed E-state index contributed by atoms with van der Waals surface area (Å²) >= 11 is 0. The van der Waals surface area contributed by atoms with Crippen LogP contribution in [-0.2, 0) is 19.6 Å². The molecule has 35 heavy (non-hydrogen) atoms. The minimum absolute atomic E-state index is 0.690. The molecule has 2 aromatic heterocycles. The van der Waals surface area contributed by atoms with Gasteiger partial charge < -0.3 is 9.47 Å². The number of hydrogen-bond donors (Lipinski definition) is 0. The van der Waals surface area contributed by atoms with Gasteiger partial charge in [0.05, 0.1) is 25.6 Å². The number of pyridine rings is 1. The Morgan fingerprint density at radius 3 is 2.00 bits per heavy atom. The molecule has 0 atom stereocenters. The van der Waals surface area contributed by atoms with E-state index in [-0.39, 0.29) is 0 Å². The van der Waals surface area contributed by atoms with Gasteiger partial charge in [-0.3, -0.25) is 9.30 Å². The number of fused-ring (bicyclic) bond motifs is 1. The molecule has 176 valence electrons. The van der Waals surface area contributed by atoms with E-state index in [2.05, 4.69) is 82.2 Å². The quantitative estimate of drug-likeness (QED) is 0.260. The van der Waals surface area contributed by atoms with Crippen LogP contribution in [-0.4, -0.2) is 28.5 Å². The Morgan fingerprint density at radius 1 is 0.714 bits per heavy atom. The van der Waals surface area contributed by atoms with Crippen LogP contribution in [0.1, 0.15) is 16.8 Å². The number of aromatic nitrogens is 2. The zero-order valence-corrected chi connectivity index (χ0v) is 20.1. The summed E-state index contributed by atoms with van der Waals surface area (Å²) in [5.41, 5.74) is 6.49. The number of imidazole rings is 1. The molecule has 5 nitrogen and oxygen atoms in total. The molecule has 0 N–H and O–H groups in total. The number of benzene rings is 3. The lowest BCUT2D eigenvalue weighted by molar-refractivity contribution is 0.245. The smallest absolute Gasteiger partial charge is 0.137 e. The SMILES string of the molecule is COc1ccc(-c2c(CN(Cc3ccccc3)Cc3ccccc3)nc3ccccn23)c(OC)c1. The van der Waals surface area contributed by atoms with Gasteiger partial charge in [-0.1, -0.05) is 66.7 Å². The molecule has 0 unspecified atom stereocenters. The highest BCUT2D eigenvalue weighted by molar-refractivity contribution is 5.74. The van der Waals surface area contributed by atoms with Gasteiger partial charge in [-0.25, -0.2) is 4.98 Å². The van der Waals surface area contributed by atoms with Crippen LogP contribution in [0.2, 0.25) is 0 Å². The average Bonchev–Trinajstić information content (AvgIpc) is 3.27. The molecule has 0 radical (unpaired) electrons. The topological polar surface area (TPSA) is 39.0 Å². The zero-order chi connectivity index (χ0) is 24.0. The molecule has 5 aromatic rings. The van der Waals surface area contributed by atoms with Gasteiger partial charge in [-0.15, -0.1) is 0 Å². The van der Waals surface area contributed by atoms with Crippen molar-refractivity contribution < 1.29 is 9.47 Å². The number of hydrogen-bond acceptors (Lipinski definition) is 4. The van der Waals surface area contributed by atoms with Gasteiger partial charge >= 0.3 is 0 Å². The van der Waals surface area contributed by atoms with Gasteiger partial charge in [0.25, 0.3) is 0 Å². The van der Waals surface area contributed by atoms with Crippen LogP contribution in [0.15, 0.2) is 103 Å². The van der Waals surface area contributed by atoms with Crippen LogP contribution in [0.25, 0.3) is 16.9 Å². The Kier molecular flexibility index (Phi) is 6.77. The summed E-state index contributed by atoms with van der Waals surface area (Å²) in [4.78, 5) is 7.50. The van der Waals surface area contributed by atoms with E-state index in [1.165, 1.54) is 11.1 Å². The second kappa shape index (κ2) is 10.5. The van der Waals surface area contributed by atoms with E-state index < -0.39 is 0 Å². The largest absolute Gasteiger partial charge is 0.497 e. The van der Waals surface area contributed by atoms with Crippen molar-refractivity contribution in [2.75, 3.05) is 14.2 Å². The number of methoxy groups -OCH3 is 2. The molecule has 3 aromatic carbocycles. The molecule has 0 spiro atoms. The van der Waals surface area contributed by atoms with Gasteiger partial charge in [-0.2, -0.15) is 0 Å². The fraction of sp³-hybridized carbons (Fsp3) is 0.167. The van der Waals surface area contributed by atoms with Gasteiger partial charge in [0.15, 0.2) is 0 Å². The molecule has 2 heterocycles. The van der Waals surface area contributed by atoms with Crippen LogP contribution in [0, 0.1) is 0 Å². The van der Waals surface area contributed by atoms with Crippen molar-refractivity contribution >= 4 is 5.65 Å². The number of rotatable bonds is 9. The van der Waals surface area contributed by atoms with Gasteiger partial charge in [0, 0.05) is 37.5 Å². The molecule has 0 aliphatic rings. The van der Waals surface area contributed by atoms with Gasteiger partial charge in [-0.05, 0) is 35.4 Å². The van der Waals surface area contributed by atoms with Crippen molar-refractivity contribution in [2.24, 2.45) is 0 Å². The standard InChI is InChI=1S/C30H29N3O2/c1-34-25-16-17-26(28(19-25)35-2)30-27(31-29-15-9-10-18-33(29)30)22-32(20-23-11-5-3-6-12-23)21-24-13-7-4-8-14-24/h3-19H,20-22H2,1-2H3. The summed E-state index contributed by atoms with van der Waals surface area (Å²) < 4.78 is 13.4. The van der Waals surface area contributed by atoms with Crippen molar-refractivity contribution in [3.63, 3.8) is 0 Å². The summed E-state index contributed by atoms with van der Waals surface area (Å²) in [7, 11) is 3.36. The molecule has 0 aliphatic heterocycles. The van der Waals surface area contributed by atoms with Crippen molar-refractivity contribution in [2.45, 2.75) is 19.6 Å². The highest BCUT2D eigenvalue weighted by Gasteiger charge is 2.20. The second-order valence-electron chi connectivity index (χ2n) is 8.52. The number of nitrogens with zero attached hydrogens (tertiary/aromatic N) is 3. The Balaban J connectivity index is 1.58. The van der Waals surface area contributed by atoms with E-state index in [1.54, 1.807) is 14.2 Å². The fourth-order valence-corrected chi connectivity index (χ4v) is 4.50.